The van der Waals surface area contributed by atoms with E-state index in [1.54, 1.807) is 0 Å². The summed E-state index contributed by atoms with van der Waals surface area (Å²) in [5, 5.41) is 3.51. The van der Waals surface area contributed by atoms with Crippen LogP contribution < -0.4 is 5.32 Å². The van der Waals surface area contributed by atoms with E-state index in [0.29, 0.717) is 5.41 Å². The molecule has 1 aromatic carbocycles. The molecule has 1 heterocycles. The summed E-state index contributed by atoms with van der Waals surface area (Å²) < 4.78 is 5.75. The molecule has 0 aromatic heterocycles. The second kappa shape index (κ2) is 6.28. The predicted molar refractivity (Wildman–Crippen MR) is 82.9 cm³/mol. The number of benzene rings is 1. The highest BCUT2D eigenvalue weighted by Gasteiger charge is 2.57. The maximum absolute atomic E-state index is 5.75. The summed E-state index contributed by atoms with van der Waals surface area (Å²) in [6.45, 7) is 6.29. The van der Waals surface area contributed by atoms with Crippen molar-refractivity contribution in [3.8, 4) is 0 Å². The number of rotatable bonds is 8. The van der Waals surface area contributed by atoms with Crippen molar-refractivity contribution in [1.82, 2.24) is 5.32 Å². The zero-order valence-corrected chi connectivity index (χ0v) is 12.7. The van der Waals surface area contributed by atoms with Crippen molar-refractivity contribution in [1.29, 1.82) is 0 Å². The van der Waals surface area contributed by atoms with E-state index in [9.17, 15) is 0 Å². The average Bonchev–Trinajstić information content (AvgIpc) is 3.05. The number of fused-ring (bicyclic) bond motifs is 1. The fourth-order valence-electron chi connectivity index (χ4n) is 3.54. The lowest BCUT2D eigenvalue weighted by atomic mass is 9.94. The summed E-state index contributed by atoms with van der Waals surface area (Å²) in [5.74, 6) is 0.892. The maximum atomic E-state index is 5.75. The normalized spacial score (nSPS) is 27.6. The van der Waals surface area contributed by atoms with E-state index in [1.807, 2.05) is 0 Å². The Bertz CT molecular complexity index is 428. The van der Waals surface area contributed by atoms with Crippen molar-refractivity contribution in [2.45, 2.75) is 51.0 Å². The second-order valence-electron chi connectivity index (χ2n) is 6.50. The molecule has 2 unspecified atom stereocenters. The average molecular weight is 273 g/mol. The zero-order chi connectivity index (χ0) is 13.8. The third kappa shape index (κ3) is 2.91. The number of unbranched alkanes of at least 4 members (excludes halogenated alkanes) is 3. The molecule has 0 radical (unpaired) electrons. The molecule has 0 bridgehead atoms. The minimum atomic E-state index is 0.486. The van der Waals surface area contributed by atoms with Crippen LogP contribution in [0.3, 0.4) is 0 Å². The predicted octanol–water partition coefficient (Wildman–Crippen LogP) is 3.64. The molecule has 110 valence electrons. The Balaban J connectivity index is 1.43. The van der Waals surface area contributed by atoms with Gasteiger partial charge in [-0.2, -0.15) is 0 Å². The molecule has 2 atom stereocenters. The van der Waals surface area contributed by atoms with E-state index >= 15 is 0 Å². The van der Waals surface area contributed by atoms with Gasteiger partial charge in [-0.25, -0.2) is 0 Å². The van der Waals surface area contributed by atoms with E-state index in [0.717, 1.165) is 19.1 Å². The minimum Gasteiger partial charge on any atom is -0.377 e. The van der Waals surface area contributed by atoms with Crippen LogP contribution in [-0.4, -0.2) is 19.7 Å². The van der Waals surface area contributed by atoms with E-state index in [1.165, 1.54) is 56.3 Å². The van der Waals surface area contributed by atoms with Gasteiger partial charge in [0.2, 0.25) is 0 Å². The van der Waals surface area contributed by atoms with Gasteiger partial charge in [0, 0.05) is 18.6 Å². The Kier molecular flexibility index (Phi) is 4.42. The lowest BCUT2D eigenvalue weighted by Crippen LogP contribution is -2.19. The lowest BCUT2D eigenvalue weighted by Gasteiger charge is -2.13. The zero-order valence-electron chi connectivity index (χ0n) is 12.7. The number of hydrogen-bond donors (Lipinski definition) is 1. The van der Waals surface area contributed by atoms with Crippen LogP contribution in [0.5, 0.6) is 0 Å². The summed E-state index contributed by atoms with van der Waals surface area (Å²) in [5.41, 5.74) is 3.32. The largest absolute Gasteiger partial charge is 0.377 e. The molecule has 2 aliphatic rings. The molecule has 1 aromatic rings. The smallest absolute Gasteiger partial charge is 0.0716 e. The van der Waals surface area contributed by atoms with Gasteiger partial charge in [0.1, 0.15) is 0 Å². The standard InChI is InChI=1S/C18H27NO/c1-2-3-4-5-10-20-13-15-6-8-16(9-7-15)18-11-17(18)12-19-14-18/h6-9,17,19H,2-5,10-14H2,1H3. The molecule has 0 spiro atoms. The Morgan fingerprint density at radius 1 is 1.20 bits per heavy atom. The highest BCUT2D eigenvalue weighted by molar-refractivity contribution is 5.38. The Morgan fingerprint density at radius 3 is 2.70 bits per heavy atom. The maximum Gasteiger partial charge on any atom is 0.0716 e. The monoisotopic (exact) mass is 273 g/mol. The van der Waals surface area contributed by atoms with Crippen LogP contribution in [0.25, 0.3) is 0 Å². The van der Waals surface area contributed by atoms with Crippen LogP contribution in [0.15, 0.2) is 24.3 Å². The molecule has 1 aliphatic carbocycles. The molecule has 0 amide bonds. The van der Waals surface area contributed by atoms with Gasteiger partial charge in [0.15, 0.2) is 0 Å². The Labute approximate surface area is 122 Å². The summed E-state index contributed by atoms with van der Waals surface area (Å²) in [7, 11) is 0. The third-order valence-corrected chi connectivity index (χ3v) is 5.00. The first-order chi connectivity index (χ1) is 9.85. The fraction of sp³-hybridized carbons (Fsp3) is 0.667. The van der Waals surface area contributed by atoms with Gasteiger partial charge < -0.3 is 10.1 Å². The molecule has 2 nitrogen and oxygen atoms in total. The fourth-order valence-corrected chi connectivity index (χ4v) is 3.54. The van der Waals surface area contributed by atoms with Crippen molar-refractivity contribution in [2.75, 3.05) is 19.7 Å². The van der Waals surface area contributed by atoms with Crippen molar-refractivity contribution >= 4 is 0 Å². The topological polar surface area (TPSA) is 21.3 Å². The van der Waals surface area contributed by atoms with E-state index in [2.05, 4.69) is 36.5 Å². The number of hydrogen-bond acceptors (Lipinski definition) is 2. The molecule has 2 heteroatoms. The molecule has 1 aliphatic heterocycles. The van der Waals surface area contributed by atoms with E-state index in [-0.39, 0.29) is 0 Å². The van der Waals surface area contributed by atoms with Crippen LogP contribution in [0.1, 0.15) is 50.2 Å². The van der Waals surface area contributed by atoms with E-state index in [4.69, 9.17) is 4.74 Å². The number of nitrogens with one attached hydrogen (secondary N) is 1. The molecular formula is C18H27NO. The van der Waals surface area contributed by atoms with Gasteiger partial charge in [0.25, 0.3) is 0 Å². The van der Waals surface area contributed by atoms with Gasteiger partial charge in [-0.1, -0.05) is 50.5 Å². The highest BCUT2D eigenvalue weighted by Crippen LogP contribution is 2.56. The summed E-state index contributed by atoms with van der Waals surface area (Å²) in [6.07, 6.45) is 6.50. The first-order valence-corrected chi connectivity index (χ1v) is 8.23. The van der Waals surface area contributed by atoms with Gasteiger partial charge in [-0.05, 0) is 36.4 Å². The Morgan fingerprint density at radius 2 is 2.05 bits per heavy atom. The molecule has 20 heavy (non-hydrogen) atoms. The minimum absolute atomic E-state index is 0.486. The van der Waals surface area contributed by atoms with E-state index < -0.39 is 0 Å². The van der Waals surface area contributed by atoms with Crippen LogP contribution in [0.4, 0.5) is 0 Å². The van der Waals surface area contributed by atoms with Crippen molar-refractivity contribution in [3.63, 3.8) is 0 Å². The molecule has 1 saturated carbocycles. The quantitative estimate of drug-likeness (QED) is 0.730. The van der Waals surface area contributed by atoms with Gasteiger partial charge >= 0.3 is 0 Å². The highest BCUT2D eigenvalue weighted by atomic mass is 16.5. The van der Waals surface area contributed by atoms with Gasteiger partial charge in [-0.3, -0.25) is 0 Å². The van der Waals surface area contributed by atoms with Crippen molar-refractivity contribution in [2.24, 2.45) is 5.92 Å². The first kappa shape index (κ1) is 14.1. The summed E-state index contributed by atoms with van der Waals surface area (Å²) in [6, 6.07) is 9.15. The van der Waals surface area contributed by atoms with Crippen LogP contribution >= 0.6 is 0 Å². The van der Waals surface area contributed by atoms with Crippen LogP contribution in [0, 0.1) is 5.92 Å². The van der Waals surface area contributed by atoms with Crippen LogP contribution in [0.2, 0.25) is 0 Å². The van der Waals surface area contributed by atoms with Gasteiger partial charge in [0.05, 0.1) is 6.61 Å². The second-order valence-corrected chi connectivity index (χ2v) is 6.50. The SMILES string of the molecule is CCCCCCOCc1ccc(C23CNCC2C3)cc1. The first-order valence-electron chi connectivity index (χ1n) is 8.23. The Hall–Kier alpha value is -0.860. The third-order valence-electron chi connectivity index (χ3n) is 5.00. The molecule has 1 N–H and O–H groups in total. The number of piperidine rings is 1. The van der Waals surface area contributed by atoms with Crippen molar-refractivity contribution in [3.05, 3.63) is 35.4 Å². The van der Waals surface area contributed by atoms with Crippen LogP contribution in [-0.2, 0) is 16.8 Å². The molecular weight excluding hydrogens is 246 g/mol. The summed E-state index contributed by atoms with van der Waals surface area (Å²) >= 11 is 0. The number of ether oxygens (including phenoxy) is 1. The molecule has 3 rings (SSSR count). The van der Waals surface area contributed by atoms with Crippen molar-refractivity contribution < 1.29 is 4.74 Å². The molecule has 2 fully saturated rings. The summed E-state index contributed by atoms with van der Waals surface area (Å²) in [4.78, 5) is 0. The molecule has 1 saturated heterocycles. The lowest BCUT2D eigenvalue weighted by molar-refractivity contribution is 0.117. The van der Waals surface area contributed by atoms with Gasteiger partial charge in [-0.15, -0.1) is 0 Å².